The van der Waals surface area contributed by atoms with Crippen LogP contribution in [0, 0.1) is 6.92 Å². The average molecular weight is 252 g/mol. The van der Waals surface area contributed by atoms with E-state index < -0.39 is 9.05 Å². The molecule has 0 saturated heterocycles. The van der Waals surface area contributed by atoms with E-state index in [1.165, 1.54) is 17.8 Å². The van der Waals surface area contributed by atoms with Crippen LogP contribution in [0.2, 0.25) is 0 Å². The lowest BCUT2D eigenvalue weighted by Gasteiger charge is -2.01. The Morgan fingerprint density at radius 3 is 2.67 bits per heavy atom. The number of rotatable bonds is 3. The number of hydrogen-bond acceptors (Lipinski definition) is 4. The normalized spacial score (nSPS) is 11.4. The Balaban J connectivity index is 3.02. The number of nitrogens with zero attached hydrogens (tertiary/aromatic N) is 2. The molecule has 0 aliphatic heterocycles. The number of halogens is 1. The summed E-state index contributed by atoms with van der Waals surface area (Å²) in [4.78, 5) is 14.8. The van der Waals surface area contributed by atoms with Crippen LogP contribution in [-0.4, -0.2) is 30.9 Å². The molecule has 1 N–H and O–H groups in total. The number of carbonyl (C=O) groups excluding carboxylic acids is 1. The summed E-state index contributed by atoms with van der Waals surface area (Å²) in [7, 11) is 2.77. The molecule has 1 heterocycles. The topological polar surface area (TPSA) is 81.1 Å². The third kappa shape index (κ3) is 2.93. The van der Waals surface area contributed by atoms with Crippen molar-refractivity contribution < 1.29 is 13.2 Å². The first-order chi connectivity index (χ1) is 6.84. The molecule has 1 aromatic heterocycles. The second kappa shape index (κ2) is 4.19. The third-order valence-electron chi connectivity index (χ3n) is 1.80. The Hall–Kier alpha value is -1.08. The van der Waals surface area contributed by atoms with Crippen molar-refractivity contribution in [3.05, 3.63) is 12.0 Å². The van der Waals surface area contributed by atoms with Crippen LogP contribution in [-0.2, 0) is 20.4 Å². The fourth-order valence-electron chi connectivity index (χ4n) is 0.991. The zero-order chi connectivity index (χ0) is 11.6. The molecular weight excluding hydrogens is 242 g/mol. The monoisotopic (exact) mass is 251 g/mol. The molecule has 0 saturated carbocycles. The van der Waals surface area contributed by atoms with Crippen molar-refractivity contribution in [3.8, 4) is 0 Å². The van der Waals surface area contributed by atoms with Crippen molar-refractivity contribution in [1.29, 1.82) is 0 Å². The highest BCUT2D eigenvalue weighted by molar-refractivity contribution is 8.13. The SMILES string of the molecule is CNC(=O)Cn1cc(S(=O)(=O)Cl)nc1C. The van der Waals surface area contributed by atoms with Crippen LogP contribution in [0.25, 0.3) is 0 Å². The van der Waals surface area contributed by atoms with E-state index in [1.54, 1.807) is 6.92 Å². The third-order valence-corrected chi connectivity index (χ3v) is 2.97. The minimum Gasteiger partial charge on any atom is -0.358 e. The van der Waals surface area contributed by atoms with Crippen LogP contribution in [0.4, 0.5) is 0 Å². The average Bonchev–Trinajstić information content (AvgIpc) is 2.47. The molecule has 0 unspecified atom stereocenters. The van der Waals surface area contributed by atoms with Gasteiger partial charge in [0.1, 0.15) is 12.4 Å². The lowest BCUT2D eigenvalue weighted by atomic mass is 10.5. The highest BCUT2D eigenvalue weighted by Crippen LogP contribution is 2.13. The minimum atomic E-state index is -3.84. The smallest absolute Gasteiger partial charge is 0.280 e. The second-order valence-corrected chi connectivity index (χ2v) is 5.38. The van der Waals surface area contributed by atoms with Crippen LogP contribution in [0.3, 0.4) is 0 Å². The molecule has 1 aromatic rings. The number of carbonyl (C=O) groups is 1. The number of aromatic nitrogens is 2. The molecule has 6 nitrogen and oxygen atoms in total. The Morgan fingerprint density at radius 1 is 1.67 bits per heavy atom. The Morgan fingerprint density at radius 2 is 2.27 bits per heavy atom. The highest BCUT2D eigenvalue weighted by atomic mass is 35.7. The van der Waals surface area contributed by atoms with E-state index in [-0.39, 0.29) is 17.5 Å². The van der Waals surface area contributed by atoms with Crippen molar-refractivity contribution in [2.24, 2.45) is 0 Å². The first-order valence-electron chi connectivity index (χ1n) is 4.03. The molecule has 0 aliphatic rings. The largest absolute Gasteiger partial charge is 0.358 e. The first kappa shape index (κ1) is 12.0. The number of imidazole rings is 1. The molecule has 1 rings (SSSR count). The Kier molecular flexibility index (Phi) is 3.35. The molecule has 0 radical (unpaired) electrons. The quantitative estimate of drug-likeness (QED) is 0.759. The maximum absolute atomic E-state index is 11.1. The number of hydrogen-bond donors (Lipinski definition) is 1. The molecule has 0 fully saturated rings. The van der Waals surface area contributed by atoms with Crippen LogP contribution in [0.1, 0.15) is 5.82 Å². The summed E-state index contributed by atoms with van der Waals surface area (Å²) < 4.78 is 23.3. The van der Waals surface area contributed by atoms with Gasteiger partial charge in [-0.3, -0.25) is 4.79 Å². The van der Waals surface area contributed by atoms with Crippen molar-refractivity contribution in [2.75, 3.05) is 7.05 Å². The summed E-state index contributed by atoms with van der Waals surface area (Å²) in [5.41, 5.74) is 0. The van der Waals surface area contributed by atoms with Gasteiger partial charge < -0.3 is 9.88 Å². The van der Waals surface area contributed by atoms with Gasteiger partial charge in [-0.25, -0.2) is 13.4 Å². The molecular formula is C7H10ClN3O3S. The molecule has 8 heteroatoms. The summed E-state index contributed by atoms with van der Waals surface area (Å²) in [6.07, 6.45) is 1.23. The summed E-state index contributed by atoms with van der Waals surface area (Å²) in [5.74, 6) is 0.173. The lowest BCUT2D eigenvalue weighted by Crippen LogP contribution is -2.23. The van der Waals surface area contributed by atoms with Crippen LogP contribution >= 0.6 is 10.7 Å². The van der Waals surface area contributed by atoms with E-state index in [1.807, 2.05) is 0 Å². The molecule has 0 aromatic carbocycles. The predicted molar refractivity (Wildman–Crippen MR) is 54.1 cm³/mol. The molecule has 0 aliphatic carbocycles. The Bertz CT molecular complexity index is 480. The molecule has 0 spiro atoms. The number of aryl methyl sites for hydroxylation is 1. The summed E-state index contributed by atoms with van der Waals surface area (Å²) in [6, 6.07) is 0. The van der Waals surface area contributed by atoms with Gasteiger partial charge in [0.05, 0.1) is 0 Å². The Labute approximate surface area is 91.7 Å². The van der Waals surface area contributed by atoms with Gasteiger partial charge in [0, 0.05) is 23.9 Å². The van der Waals surface area contributed by atoms with Gasteiger partial charge in [-0.2, -0.15) is 0 Å². The molecule has 15 heavy (non-hydrogen) atoms. The van der Waals surface area contributed by atoms with Gasteiger partial charge in [0.2, 0.25) is 5.91 Å². The van der Waals surface area contributed by atoms with Crippen molar-refractivity contribution in [2.45, 2.75) is 18.5 Å². The zero-order valence-corrected chi connectivity index (χ0v) is 9.76. The summed E-state index contributed by atoms with van der Waals surface area (Å²) in [6.45, 7) is 1.61. The van der Waals surface area contributed by atoms with Crippen molar-refractivity contribution in [1.82, 2.24) is 14.9 Å². The lowest BCUT2D eigenvalue weighted by molar-refractivity contribution is -0.121. The van der Waals surface area contributed by atoms with Crippen LogP contribution in [0.5, 0.6) is 0 Å². The van der Waals surface area contributed by atoms with Gasteiger partial charge in [-0.15, -0.1) is 0 Å². The van der Waals surface area contributed by atoms with E-state index in [2.05, 4.69) is 10.3 Å². The van der Waals surface area contributed by atoms with Gasteiger partial charge in [0.25, 0.3) is 9.05 Å². The standard InChI is InChI=1S/C7H10ClN3O3S/c1-5-10-7(15(8,13)14)4-11(5)3-6(12)9-2/h4H,3H2,1-2H3,(H,9,12). The van der Waals surface area contributed by atoms with Gasteiger partial charge in [-0.1, -0.05) is 0 Å². The van der Waals surface area contributed by atoms with Crippen LogP contribution < -0.4 is 5.32 Å². The molecule has 0 atom stereocenters. The number of amides is 1. The number of nitrogens with one attached hydrogen (secondary N) is 1. The zero-order valence-electron chi connectivity index (χ0n) is 8.19. The molecule has 84 valence electrons. The van der Waals surface area contributed by atoms with E-state index in [0.717, 1.165) is 0 Å². The number of likely N-dealkylation sites (N-methyl/N-ethyl adjacent to an activating group) is 1. The fourth-order valence-corrected chi connectivity index (χ4v) is 1.71. The van der Waals surface area contributed by atoms with E-state index in [9.17, 15) is 13.2 Å². The van der Waals surface area contributed by atoms with Gasteiger partial charge >= 0.3 is 0 Å². The predicted octanol–water partition coefficient (Wildman–Crippen LogP) is -0.135. The molecule has 0 bridgehead atoms. The van der Waals surface area contributed by atoms with Gasteiger partial charge in [0.15, 0.2) is 5.03 Å². The minimum absolute atomic E-state index is 0.0156. The highest BCUT2D eigenvalue weighted by Gasteiger charge is 2.16. The summed E-state index contributed by atoms with van der Waals surface area (Å²) in [5, 5.41) is 2.17. The maximum atomic E-state index is 11.1. The van der Waals surface area contributed by atoms with Gasteiger partial charge in [-0.05, 0) is 6.92 Å². The van der Waals surface area contributed by atoms with Crippen molar-refractivity contribution >= 4 is 25.6 Å². The molecule has 1 amide bonds. The van der Waals surface area contributed by atoms with Crippen molar-refractivity contribution in [3.63, 3.8) is 0 Å². The maximum Gasteiger partial charge on any atom is 0.280 e. The van der Waals surface area contributed by atoms with Crippen LogP contribution in [0.15, 0.2) is 11.2 Å². The second-order valence-electron chi connectivity index (χ2n) is 2.87. The van der Waals surface area contributed by atoms with E-state index in [4.69, 9.17) is 10.7 Å². The fraction of sp³-hybridized carbons (Fsp3) is 0.429. The van der Waals surface area contributed by atoms with E-state index >= 15 is 0 Å². The first-order valence-corrected chi connectivity index (χ1v) is 6.34. The summed E-state index contributed by atoms with van der Waals surface area (Å²) >= 11 is 0. The van der Waals surface area contributed by atoms with E-state index in [0.29, 0.717) is 5.82 Å².